The Morgan fingerprint density at radius 3 is 2.61 bits per heavy atom. The van der Waals surface area contributed by atoms with E-state index in [4.69, 9.17) is 32.9 Å². The van der Waals surface area contributed by atoms with Crippen LogP contribution in [0.25, 0.3) is 21.8 Å². The third-order valence-corrected chi connectivity index (χ3v) is 6.02. The molecule has 0 bridgehead atoms. The number of carbonyl (C=O) groups excluding carboxylic acids is 1. The van der Waals surface area contributed by atoms with Crippen molar-refractivity contribution in [2.75, 3.05) is 11.9 Å². The number of benzene rings is 3. The summed E-state index contributed by atoms with van der Waals surface area (Å²) in [5.74, 6) is 0.0759. The zero-order valence-electron chi connectivity index (χ0n) is 16.6. The lowest BCUT2D eigenvalue weighted by atomic mass is 10.1. The summed E-state index contributed by atoms with van der Waals surface area (Å²) in [6, 6.07) is 20.6. The Morgan fingerprint density at radius 2 is 1.84 bits per heavy atom. The van der Waals surface area contributed by atoms with Crippen molar-refractivity contribution in [3.05, 3.63) is 87.7 Å². The van der Waals surface area contributed by atoms with Crippen LogP contribution in [-0.4, -0.2) is 17.5 Å². The van der Waals surface area contributed by atoms with Gasteiger partial charge in [0.25, 0.3) is 5.91 Å². The quantitative estimate of drug-likeness (QED) is 0.327. The smallest absolute Gasteiger partial charge is 0.262 e. The van der Waals surface area contributed by atoms with Gasteiger partial charge in [0.05, 0.1) is 10.7 Å². The second kappa shape index (κ2) is 9.52. The van der Waals surface area contributed by atoms with Crippen molar-refractivity contribution in [2.24, 2.45) is 0 Å². The molecule has 4 aromatic rings. The monoisotopic (exact) mass is 468 g/mol. The molecule has 0 atom stereocenters. The second-order valence-corrected chi connectivity index (χ2v) is 8.54. The largest absolute Gasteiger partial charge is 0.482 e. The van der Waals surface area contributed by atoms with Crippen LogP contribution >= 0.6 is 34.5 Å². The zero-order valence-corrected chi connectivity index (χ0v) is 18.9. The number of ether oxygens (including phenoxy) is 1. The minimum atomic E-state index is -0.292. The number of rotatable bonds is 6. The van der Waals surface area contributed by atoms with Gasteiger partial charge in [-0.3, -0.25) is 4.79 Å². The van der Waals surface area contributed by atoms with Crippen molar-refractivity contribution in [1.82, 2.24) is 4.98 Å². The van der Waals surface area contributed by atoms with E-state index < -0.39 is 0 Å². The Labute approximate surface area is 194 Å². The highest BCUT2D eigenvalue weighted by Crippen LogP contribution is 2.31. The number of halogens is 2. The molecule has 0 aliphatic carbocycles. The molecule has 0 saturated heterocycles. The molecule has 1 heterocycles. The van der Waals surface area contributed by atoms with Gasteiger partial charge in [0.1, 0.15) is 10.8 Å². The summed E-state index contributed by atoms with van der Waals surface area (Å²) in [7, 11) is 0. The first kappa shape index (κ1) is 21.4. The van der Waals surface area contributed by atoms with Crippen LogP contribution in [0.2, 0.25) is 10.0 Å². The van der Waals surface area contributed by atoms with E-state index in [1.807, 2.05) is 41.8 Å². The average molecular weight is 469 g/mol. The summed E-state index contributed by atoms with van der Waals surface area (Å²) in [6.07, 6.45) is 0. The SMILES string of the molecule is Cc1ccccc1-c1nc(-c2ccc(NC(=O)COc3cc(Cl)ccc3Cl)cc2)cs1. The van der Waals surface area contributed by atoms with E-state index in [1.165, 1.54) is 5.56 Å². The summed E-state index contributed by atoms with van der Waals surface area (Å²) < 4.78 is 5.46. The van der Waals surface area contributed by atoms with Crippen molar-refractivity contribution in [3.63, 3.8) is 0 Å². The Hall–Kier alpha value is -2.86. The summed E-state index contributed by atoms with van der Waals surface area (Å²) in [5, 5.41) is 6.72. The van der Waals surface area contributed by atoms with Crippen LogP contribution in [0.4, 0.5) is 5.69 Å². The normalized spacial score (nSPS) is 10.7. The Kier molecular flexibility index (Phi) is 6.56. The van der Waals surface area contributed by atoms with Gasteiger partial charge in [-0.1, -0.05) is 59.6 Å². The first-order valence-electron chi connectivity index (χ1n) is 9.49. The molecule has 0 radical (unpaired) electrons. The van der Waals surface area contributed by atoms with E-state index >= 15 is 0 Å². The van der Waals surface area contributed by atoms with E-state index in [0.717, 1.165) is 21.8 Å². The molecular weight excluding hydrogens is 451 g/mol. The lowest BCUT2D eigenvalue weighted by Gasteiger charge is -2.09. The van der Waals surface area contributed by atoms with Crippen LogP contribution in [-0.2, 0) is 4.79 Å². The maximum atomic E-state index is 12.2. The van der Waals surface area contributed by atoms with Crippen LogP contribution in [0.1, 0.15) is 5.56 Å². The van der Waals surface area contributed by atoms with Crippen molar-refractivity contribution >= 4 is 46.1 Å². The summed E-state index contributed by atoms with van der Waals surface area (Å²) >= 11 is 13.6. The van der Waals surface area contributed by atoms with E-state index in [-0.39, 0.29) is 12.5 Å². The molecule has 4 nitrogen and oxygen atoms in total. The number of aromatic nitrogens is 1. The number of nitrogens with zero attached hydrogens (tertiary/aromatic N) is 1. The number of carbonyl (C=O) groups is 1. The Bertz CT molecular complexity index is 1220. The first-order chi connectivity index (χ1) is 15.0. The minimum Gasteiger partial charge on any atom is -0.482 e. The molecule has 31 heavy (non-hydrogen) atoms. The fraction of sp³-hybridized carbons (Fsp3) is 0.0833. The lowest BCUT2D eigenvalue weighted by Crippen LogP contribution is -2.20. The number of nitrogens with one attached hydrogen (secondary N) is 1. The summed E-state index contributed by atoms with van der Waals surface area (Å²) in [4.78, 5) is 17.0. The van der Waals surface area contributed by atoms with Gasteiger partial charge in [0.15, 0.2) is 6.61 Å². The number of amides is 1. The lowest BCUT2D eigenvalue weighted by molar-refractivity contribution is -0.118. The van der Waals surface area contributed by atoms with Gasteiger partial charge in [-0.15, -0.1) is 11.3 Å². The summed E-state index contributed by atoms with van der Waals surface area (Å²) in [5.41, 5.74) is 4.89. The van der Waals surface area contributed by atoms with Crippen molar-refractivity contribution in [2.45, 2.75) is 6.92 Å². The fourth-order valence-corrected chi connectivity index (χ4v) is 4.25. The minimum absolute atomic E-state index is 0.173. The maximum absolute atomic E-state index is 12.2. The van der Waals surface area contributed by atoms with Gasteiger partial charge in [-0.2, -0.15) is 0 Å². The molecule has 0 aliphatic rings. The van der Waals surface area contributed by atoms with Crippen LogP contribution in [0.5, 0.6) is 5.75 Å². The van der Waals surface area contributed by atoms with Gasteiger partial charge in [0.2, 0.25) is 0 Å². The van der Waals surface area contributed by atoms with E-state index in [1.54, 1.807) is 29.5 Å². The van der Waals surface area contributed by atoms with Crippen LogP contribution in [0, 0.1) is 6.92 Å². The molecule has 0 spiro atoms. The topological polar surface area (TPSA) is 51.2 Å². The Morgan fingerprint density at radius 1 is 1.06 bits per heavy atom. The maximum Gasteiger partial charge on any atom is 0.262 e. The first-order valence-corrected chi connectivity index (χ1v) is 11.1. The predicted octanol–water partition coefficient (Wildman–Crippen LogP) is 7.11. The van der Waals surface area contributed by atoms with Crippen LogP contribution < -0.4 is 10.1 Å². The fourth-order valence-electron chi connectivity index (χ4n) is 3.00. The van der Waals surface area contributed by atoms with Gasteiger partial charge in [0, 0.05) is 33.3 Å². The molecule has 0 fully saturated rings. The van der Waals surface area contributed by atoms with Gasteiger partial charge < -0.3 is 10.1 Å². The standard InChI is InChI=1S/C24H18Cl2N2O2S/c1-15-4-2-3-5-19(15)24-28-21(14-31-24)16-6-9-18(10-7-16)27-23(29)13-30-22-12-17(25)8-11-20(22)26/h2-12,14H,13H2,1H3,(H,27,29). The van der Waals surface area contributed by atoms with Crippen molar-refractivity contribution in [1.29, 1.82) is 0 Å². The number of thiazole rings is 1. The number of hydrogen-bond acceptors (Lipinski definition) is 4. The van der Waals surface area contributed by atoms with Crippen LogP contribution in [0.3, 0.4) is 0 Å². The van der Waals surface area contributed by atoms with E-state index in [9.17, 15) is 4.79 Å². The average Bonchev–Trinajstić information content (AvgIpc) is 3.25. The molecule has 1 amide bonds. The van der Waals surface area contributed by atoms with E-state index in [0.29, 0.717) is 21.5 Å². The molecule has 1 aromatic heterocycles. The zero-order chi connectivity index (χ0) is 21.8. The third kappa shape index (κ3) is 5.25. The number of anilines is 1. The molecule has 0 saturated carbocycles. The highest BCUT2D eigenvalue weighted by Gasteiger charge is 2.10. The summed E-state index contributed by atoms with van der Waals surface area (Å²) in [6.45, 7) is 1.91. The molecule has 1 N–H and O–H groups in total. The molecule has 7 heteroatoms. The molecule has 0 aliphatic heterocycles. The van der Waals surface area contributed by atoms with Crippen molar-refractivity contribution < 1.29 is 9.53 Å². The molecule has 3 aromatic carbocycles. The second-order valence-electron chi connectivity index (χ2n) is 6.84. The van der Waals surface area contributed by atoms with Gasteiger partial charge >= 0.3 is 0 Å². The Balaban J connectivity index is 1.39. The molecular formula is C24H18Cl2N2O2S. The highest BCUT2D eigenvalue weighted by atomic mass is 35.5. The molecule has 156 valence electrons. The van der Waals surface area contributed by atoms with Gasteiger partial charge in [-0.25, -0.2) is 4.98 Å². The van der Waals surface area contributed by atoms with Crippen molar-refractivity contribution in [3.8, 4) is 27.6 Å². The molecule has 4 rings (SSSR count). The highest BCUT2D eigenvalue weighted by molar-refractivity contribution is 7.13. The number of hydrogen-bond donors (Lipinski definition) is 1. The molecule has 0 unspecified atom stereocenters. The van der Waals surface area contributed by atoms with Gasteiger partial charge in [-0.05, 0) is 36.8 Å². The van der Waals surface area contributed by atoms with Crippen LogP contribution in [0.15, 0.2) is 72.1 Å². The third-order valence-electron chi connectivity index (χ3n) is 4.60. The number of aryl methyl sites for hydroxylation is 1. The van der Waals surface area contributed by atoms with E-state index in [2.05, 4.69) is 24.4 Å². The predicted molar refractivity (Wildman–Crippen MR) is 128 cm³/mol.